The van der Waals surface area contributed by atoms with Crippen molar-refractivity contribution in [2.45, 2.75) is 6.54 Å². The molecule has 0 atom stereocenters. The number of amides is 2. The molecular weight excluding hydrogens is 508 g/mol. The van der Waals surface area contributed by atoms with Crippen molar-refractivity contribution in [2.24, 2.45) is 0 Å². The minimum absolute atomic E-state index is 0.109. The van der Waals surface area contributed by atoms with Crippen LogP contribution in [0, 0.1) is 3.57 Å². The maximum absolute atomic E-state index is 12.6. The van der Waals surface area contributed by atoms with Crippen molar-refractivity contribution in [3.8, 4) is 5.75 Å². The molecule has 0 N–H and O–H groups in total. The first-order chi connectivity index (χ1) is 12.4. The van der Waals surface area contributed by atoms with E-state index >= 15 is 0 Å². The highest BCUT2D eigenvalue weighted by atomic mass is 127. The van der Waals surface area contributed by atoms with Crippen LogP contribution in [0.2, 0.25) is 10.0 Å². The average Bonchev–Trinajstić information content (AvgIpc) is 2.84. The van der Waals surface area contributed by atoms with Crippen LogP contribution in [0.1, 0.15) is 11.1 Å². The first-order valence-electron chi connectivity index (χ1n) is 7.42. The van der Waals surface area contributed by atoms with Crippen molar-refractivity contribution in [1.29, 1.82) is 0 Å². The van der Waals surface area contributed by atoms with E-state index in [9.17, 15) is 9.59 Å². The van der Waals surface area contributed by atoms with Crippen LogP contribution in [0.5, 0.6) is 5.75 Å². The van der Waals surface area contributed by atoms with E-state index in [-0.39, 0.29) is 17.7 Å². The Morgan fingerprint density at radius 3 is 2.62 bits per heavy atom. The molecule has 0 saturated carbocycles. The van der Waals surface area contributed by atoms with Gasteiger partial charge in [0.1, 0.15) is 5.75 Å². The number of carbonyl (C=O) groups excluding carboxylic acids is 2. The number of thioether (sulfide) groups is 1. The number of hydrogen-bond donors (Lipinski definition) is 0. The first kappa shape index (κ1) is 19.5. The Bertz CT molecular complexity index is 933. The molecule has 134 valence electrons. The van der Waals surface area contributed by atoms with Crippen molar-refractivity contribution in [3.63, 3.8) is 0 Å². The zero-order valence-corrected chi connectivity index (χ0v) is 17.9. The lowest BCUT2D eigenvalue weighted by molar-refractivity contribution is -0.123. The van der Waals surface area contributed by atoms with E-state index in [0.717, 1.165) is 26.6 Å². The molecule has 1 aliphatic heterocycles. The monoisotopic (exact) mass is 519 g/mol. The quantitative estimate of drug-likeness (QED) is 0.376. The van der Waals surface area contributed by atoms with E-state index in [1.165, 1.54) is 4.90 Å². The summed E-state index contributed by atoms with van der Waals surface area (Å²) in [5.74, 6) is 0.421. The summed E-state index contributed by atoms with van der Waals surface area (Å²) in [4.78, 5) is 26.5. The predicted molar refractivity (Wildman–Crippen MR) is 114 cm³/mol. The lowest BCUT2D eigenvalue weighted by atomic mass is 10.2. The Morgan fingerprint density at radius 1 is 1.19 bits per heavy atom. The van der Waals surface area contributed by atoms with Gasteiger partial charge in [-0.2, -0.15) is 0 Å². The summed E-state index contributed by atoms with van der Waals surface area (Å²) in [6, 6.07) is 10.5. The van der Waals surface area contributed by atoms with Gasteiger partial charge in [0.15, 0.2) is 0 Å². The van der Waals surface area contributed by atoms with Crippen LogP contribution in [-0.2, 0) is 11.3 Å². The van der Waals surface area contributed by atoms with Crippen LogP contribution >= 0.6 is 57.6 Å². The van der Waals surface area contributed by atoms with Crippen LogP contribution in [-0.4, -0.2) is 23.2 Å². The van der Waals surface area contributed by atoms with E-state index in [1.54, 1.807) is 31.4 Å². The number of benzene rings is 2. The lowest BCUT2D eigenvalue weighted by Gasteiger charge is -2.13. The number of rotatable bonds is 4. The van der Waals surface area contributed by atoms with Gasteiger partial charge < -0.3 is 4.74 Å². The zero-order valence-electron chi connectivity index (χ0n) is 13.5. The summed E-state index contributed by atoms with van der Waals surface area (Å²) < 4.78 is 6.15. The molecule has 1 heterocycles. The van der Waals surface area contributed by atoms with Gasteiger partial charge in [-0.05, 0) is 75.8 Å². The molecular formula is C18H12Cl2INO3S. The molecule has 0 aliphatic carbocycles. The van der Waals surface area contributed by atoms with Crippen molar-refractivity contribution in [2.75, 3.05) is 7.11 Å². The topological polar surface area (TPSA) is 46.6 Å². The van der Waals surface area contributed by atoms with E-state index in [4.69, 9.17) is 27.9 Å². The smallest absolute Gasteiger partial charge is 0.293 e. The molecule has 0 bridgehead atoms. The molecule has 0 spiro atoms. The Labute approximate surface area is 178 Å². The molecule has 0 aromatic heterocycles. The Hall–Kier alpha value is -1.22. The van der Waals surface area contributed by atoms with Crippen LogP contribution < -0.4 is 4.74 Å². The standard InChI is InChI=1S/C18H12Cl2INO3S/c1-25-15-5-2-10(6-14(15)21)7-16-17(23)22(18(24)26-16)9-11-3-4-12(19)8-13(11)20/h2-8H,9H2,1H3/b16-7-. The fourth-order valence-electron chi connectivity index (χ4n) is 2.38. The van der Waals surface area contributed by atoms with Gasteiger partial charge in [-0.1, -0.05) is 35.3 Å². The van der Waals surface area contributed by atoms with Crippen molar-refractivity contribution >= 4 is 74.8 Å². The summed E-state index contributed by atoms with van der Waals surface area (Å²) in [5, 5.41) is 0.600. The molecule has 1 fully saturated rings. The van der Waals surface area contributed by atoms with Crippen molar-refractivity contribution in [3.05, 3.63) is 66.0 Å². The zero-order chi connectivity index (χ0) is 18.8. The van der Waals surface area contributed by atoms with Crippen LogP contribution in [0.25, 0.3) is 6.08 Å². The molecule has 1 saturated heterocycles. The van der Waals surface area contributed by atoms with Crippen LogP contribution in [0.3, 0.4) is 0 Å². The fourth-order valence-corrected chi connectivity index (χ4v) is 4.45. The summed E-state index contributed by atoms with van der Waals surface area (Å²) >= 11 is 15.1. The SMILES string of the molecule is COc1ccc(/C=C2\SC(=O)N(Cc3ccc(Cl)cc3Cl)C2=O)cc1I. The lowest BCUT2D eigenvalue weighted by Crippen LogP contribution is -2.27. The molecule has 2 amide bonds. The predicted octanol–water partition coefficient (Wildman–Crippen LogP) is 5.84. The minimum atomic E-state index is -0.336. The number of nitrogens with zero attached hydrogens (tertiary/aromatic N) is 1. The van der Waals surface area contributed by atoms with Crippen molar-refractivity contribution in [1.82, 2.24) is 4.90 Å². The van der Waals surface area contributed by atoms with Gasteiger partial charge in [-0.15, -0.1) is 0 Å². The molecule has 26 heavy (non-hydrogen) atoms. The second kappa shape index (κ2) is 8.21. The van der Waals surface area contributed by atoms with Gasteiger partial charge in [-0.25, -0.2) is 0 Å². The van der Waals surface area contributed by atoms with Gasteiger partial charge >= 0.3 is 0 Å². The number of imide groups is 1. The Balaban J connectivity index is 1.83. The molecule has 0 unspecified atom stereocenters. The van der Waals surface area contributed by atoms with Crippen LogP contribution in [0.4, 0.5) is 4.79 Å². The van der Waals surface area contributed by atoms with Gasteiger partial charge in [0.2, 0.25) is 0 Å². The van der Waals surface area contributed by atoms with E-state index in [1.807, 2.05) is 18.2 Å². The third-order valence-electron chi connectivity index (χ3n) is 3.69. The summed E-state index contributed by atoms with van der Waals surface area (Å²) in [7, 11) is 1.60. The summed E-state index contributed by atoms with van der Waals surface area (Å²) in [6.07, 6.45) is 1.70. The number of carbonyl (C=O) groups is 2. The second-order valence-corrected chi connectivity index (χ2v) is 8.40. The highest BCUT2D eigenvalue weighted by molar-refractivity contribution is 14.1. The second-order valence-electron chi connectivity index (χ2n) is 5.40. The molecule has 8 heteroatoms. The highest BCUT2D eigenvalue weighted by Crippen LogP contribution is 2.35. The number of halogens is 3. The van der Waals surface area contributed by atoms with Gasteiger partial charge in [-0.3, -0.25) is 14.5 Å². The number of methoxy groups -OCH3 is 1. The maximum atomic E-state index is 12.6. The fraction of sp³-hybridized carbons (Fsp3) is 0.111. The summed E-state index contributed by atoms with van der Waals surface area (Å²) in [5.41, 5.74) is 1.49. The third kappa shape index (κ3) is 4.19. The molecule has 3 rings (SSSR count). The van der Waals surface area contributed by atoms with E-state index < -0.39 is 0 Å². The third-order valence-corrected chi connectivity index (χ3v) is 6.03. The Kier molecular flexibility index (Phi) is 6.17. The first-order valence-corrected chi connectivity index (χ1v) is 10.1. The van der Waals surface area contributed by atoms with E-state index in [2.05, 4.69) is 22.6 Å². The molecule has 2 aromatic carbocycles. The molecule has 2 aromatic rings. The molecule has 1 aliphatic rings. The maximum Gasteiger partial charge on any atom is 0.293 e. The van der Waals surface area contributed by atoms with Gasteiger partial charge in [0, 0.05) is 10.0 Å². The largest absolute Gasteiger partial charge is 0.496 e. The minimum Gasteiger partial charge on any atom is -0.496 e. The number of hydrogen-bond acceptors (Lipinski definition) is 4. The normalized spacial score (nSPS) is 15.8. The van der Waals surface area contributed by atoms with Crippen LogP contribution in [0.15, 0.2) is 41.3 Å². The van der Waals surface area contributed by atoms with Gasteiger partial charge in [0.25, 0.3) is 11.1 Å². The number of ether oxygens (including phenoxy) is 1. The summed E-state index contributed by atoms with van der Waals surface area (Å²) in [6.45, 7) is 0.109. The van der Waals surface area contributed by atoms with Gasteiger partial charge in [0.05, 0.1) is 22.1 Å². The van der Waals surface area contributed by atoms with Crippen molar-refractivity contribution < 1.29 is 14.3 Å². The van der Waals surface area contributed by atoms with E-state index in [0.29, 0.717) is 20.5 Å². The average molecular weight is 520 g/mol. The molecule has 4 nitrogen and oxygen atoms in total. The highest BCUT2D eigenvalue weighted by Gasteiger charge is 2.35. The Morgan fingerprint density at radius 2 is 1.96 bits per heavy atom. The molecule has 0 radical (unpaired) electrons.